The molecule has 0 unspecified atom stereocenters. The van der Waals surface area contributed by atoms with Gasteiger partial charge in [0.15, 0.2) is 15.8 Å². The number of rotatable bonds is 5. The average Bonchev–Trinajstić information content (AvgIpc) is 2.95. The summed E-state index contributed by atoms with van der Waals surface area (Å²) in [5.41, 5.74) is 1.14. The third kappa shape index (κ3) is 3.93. The zero-order chi connectivity index (χ0) is 20.4. The highest BCUT2D eigenvalue weighted by Crippen LogP contribution is 2.42. The van der Waals surface area contributed by atoms with Gasteiger partial charge in [-0.1, -0.05) is 47.2 Å². The lowest BCUT2D eigenvalue weighted by Gasteiger charge is -2.16. The number of anilines is 1. The zero-order valence-electron chi connectivity index (χ0n) is 15.1. The number of carbonyl (C=O) groups is 1. The van der Waals surface area contributed by atoms with Gasteiger partial charge in [-0.3, -0.25) is 9.69 Å². The number of benzene rings is 2. The van der Waals surface area contributed by atoms with Crippen molar-refractivity contribution in [3.63, 3.8) is 0 Å². The molecule has 146 valence electrons. The molecule has 2 aromatic rings. The number of thioether (sulfide) groups is 1. The summed E-state index contributed by atoms with van der Waals surface area (Å²) in [6.07, 6.45) is 1.70. The molecular formula is C19H15Cl2NO4S2. The largest absolute Gasteiger partial charge is 0.496 e. The van der Waals surface area contributed by atoms with E-state index in [4.69, 9.17) is 49.6 Å². The molecule has 1 saturated heterocycles. The van der Waals surface area contributed by atoms with Crippen LogP contribution in [-0.2, 0) is 4.79 Å². The van der Waals surface area contributed by atoms with Crippen LogP contribution in [0.5, 0.6) is 17.2 Å². The normalized spacial score (nSPS) is 15.3. The molecule has 5 nitrogen and oxygen atoms in total. The summed E-state index contributed by atoms with van der Waals surface area (Å²) >= 11 is 18.8. The Hall–Kier alpha value is -1.93. The number of halogens is 2. The summed E-state index contributed by atoms with van der Waals surface area (Å²) < 4.78 is 16.4. The lowest BCUT2D eigenvalue weighted by Crippen LogP contribution is -2.27. The predicted octanol–water partition coefficient (Wildman–Crippen LogP) is 5.43. The molecule has 0 bridgehead atoms. The van der Waals surface area contributed by atoms with E-state index in [1.54, 1.807) is 36.4 Å². The number of amides is 1. The Morgan fingerprint density at radius 2 is 1.64 bits per heavy atom. The van der Waals surface area contributed by atoms with Crippen molar-refractivity contribution in [3.8, 4) is 17.2 Å². The molecule has 0 saturated carbocycles. The van der Waals surface area contributed by atoms with Gasteiger partial charge in [-0.25, -0.2) is 0 Å². The number of nitrogens with zero attached hydrogens (tertiary/aromatic N) is 1. The summed E-state index contributed by atoms with van der Waals surface area (Å²) in [5.74, 6) is 1.30. The molecule has 1 aliphatic rings. The fourth-order valence-electron chi connectivity index (χ4n) is 2.64. The van der Waals surface area contributed by atoms with Crippen molar-refractivity contribution in [2.24, 2.45) is 0 Å². The number of thiocarbonyl (C=S) groups is 1. The van der Waals surface area contributed by atoms with Crippen LogP contribution < -0.4 is 19.1 Å². The second-order valence-electron chi connectivity index (χ2n) is 5.56. The summed E-state index contributed by atoms with van der Waals surface area (Å²) in [6, 6.07) is 8.32. The van der Waals surface area contributed by atoms with Gasteiger partial charge in [0.2, 0.25) is 0 Å². The van der Waals surface area contributed by atoms with E-state index in [2.05, 4.69) is 0 Å². The number of ether oxygens (including phenoxy) is 3. The van der Waals surface area contributed by atoms with Crippen LogP contribution in [0.4, 0.5) is 5.69 Å². The molecule has 0 atom stereocenters. The minimum absolute atomic E-state index is 0.281. The first-order chi connectivity index (χ1) is 13.4. The van der Waals surface area contributed by atoms with Crippen molar-refractivity contribution in [2.75, 3.05) is 26.2 Å². The van der Waals surface area contributed by atoms with Gasteiger partial charge in [0, 0.05) is 16.7 Å². The number of hydrogen-bond acceptors (Lipinski definition) is 6. The van der Waals surface area contributed by atoms with Crippen molar-refractivity contribution >= 4 is 69.2 Å². The molecule has 1 heterocycles. The summed E-state index contributed by atoms with van der Waals surface area (Å²) in [6.45, 7) is 0. The number of methoxy groups -OCH3 is 3. The third-order valence-corrected chi connectivity index (χ3v) is 5.81. The molecule has 1 aliphatic heterocycles. The Labute approximate surface area is 182 Å². The summed E-state index contributed by atoms with van der Waals surface area (Å²) in [4.78, 5) is 14.8. The standard InChI is InChI=1S/C19H15Cl2NO4S2/c1-24-14-9-16(26-3)15(25-2)6-10(14)7-17-18(23)22(19(27)28-17)13-5-4-11(20)8-12(13)21/h4-9H,1-3H3/b17-7-. The first-order valence-corrected chi connectivity index (χ1v) is 9.90. The molecule has 9 heteroatoms. The van der Waals surface area contributed by atoms with Crippen LogP contribution >= 0.6 is 47.2 Å². The van der Waals surface area contributed by atoms with E-state index in [-0.39, 0.29) is 5.91 Å². The topological polar surface area (TPSA) is 48.0 Å². The van der Waals surface area contributed by atoms with Crippen LogP contribution in [0.3, 0.4) is 0 Å². The Balaban J connectivity index is 2.02. The second kappa shape index (κ2) is 8.61. The van der Waals surface area contributed by atoms with E-state index in [1.807, 2.05) is 0 Å². The van der Waals surface area contributed by atoms with Crippen LogP contribution in [0.25, 0.3) is 6.08 Å². The van der Waals surface area contributed by atoms with Gasteiger partial charge in [0.25, 0.3) is 5.91 Å². The zero-order valence-corrected chi connectivity index (χ0v) is 18.3. The van der Waals surface area contributed by atoms with Crippen molar-refractivity contribution in [1.29, 1.82) is 0 Å². The van der Waals surface area contributed by atoms with E-state index in [0.29, 0.717) is 47.8 Å². The quantitative estimate of drug-likeness (QED) is 0.442. The minimum Gasteiger partial charge on any atom is -0.496 e. The highest BCUT2D eigenvalue weighted by atomic mass is 35.5. The van der Waals surface area contributed by atoms with Gasteiger partial charge in [0.05, 0.1) is 36.9 Å². The molecule has 0 aromatic heterocycles. The Morgan fingerprint density at radius 3 is 2.25 bits per heavy atom. The van der Waals surface area contributed by atoms with Crippen LogP contribution in [0, 0.1) is 0 Å². The van der Waals surface area contributed by atoms with Crippen molar-refractivity contribution in [2.45, 2.75) is 0 Å². The van der Waals surface area contributed by atoms with E-state index >= 15 is 0 Å². The van der Waals surface area contributed by atoms with Gasteiger partial charge >= 0.3 is 0 Å². The maximum absolute atomic E-state index is 13.0. The lowest BCUT2D eigenvalue weighted by molar-refractivity contribution is -0.113. The maximum atomic E-state index is 13.0. The first-order valence-electron chi connectivity index (χ1n) is 7.92. The maximum Gasteiger partial charge on any atom is 0.270 e. The van der Waals surface area contributed by atoms with Crippen LogP contribution in [0.1, 0.15) is 5.56 Å². The van der Waals surface area contributed by atoms with Crippen LogP contribution in [0.15, 0.2) is 35.2 Å². The van der Waals surface area contributed by atoms with Gasteiger partial charge in [0.1, 0.15) is 5.75 Å². The molecule has 0 radical (unpaired) electrons. The van der Waals surface area contributed by atoms with Crippen molar-refractivity contribution in [1.82, 2.24) is 0 Å². The monoisotopic (exact) mass is 455 g/mol. The Bertz CT molecular complexity index is 994. The molecule has 0 spiro atoms. The SMILES string of the molecule is COc1cc(OC)c(OC)cc1/C=C1\SC(=S)N(c2ccc(Cl)cc2Cl)C1=O. The van der Waals surface area contributed by atoms with Crippen molar-refractivity contribution < 1.29 is 19.0 Å². The molecule has 28 heavy (non-hydrogen) atoms. The molecule has 2 aromatic carbocycles. The number of hydrogen-bond donors (Lipinski definition) is 0. The Kier molecular flexibility index (Phi) is 6.40. The summed E-state index contributed by atoms with van der Waals surface area (Å²) in [5, 5.41) is 0.818. The van der Waals surface area contributed by atoms with Gasteiger partial charge < -0.3 is 14.2 Å². The van der Waals surface area contributed by atoms with Crippen LogP contribution in [0.2, 0.25) is 10.0 Å². The smallest absolute Gasteiger partial charge is 0.270 e. The average molecular weight is 456 g/mol. The fourth-order valence-corrected chi connectivity index (χ4v) is 4.41. The van der Waals surface area contributed by atoms with Gasteiger partial charge in [-0.2, -0.15) is 0 Å². The first kappa shape index (κ1) is 20.8. The Morgan fingerprint density at radius 1 is 1.00 bits per heavy atom. The molecule has 0 aliphatic carbocycles. The van der Waals surface area contributed by atoms with Crippen molar-refractivity contribution in [3.05, 3.63) is 50.8 Å². The van der Waals surface area contributed by atoms with Gasteiger partial charge in [-0.15, -0.1) is 0 Å². The third-order valence-electron chi connectivity index (χ3n) is 3.97. The van der Waals surface area contributed by atoms with E-state index < -0.39 is 0 Å². The second-order valence-corrected chi connectivity index (χ2v) is 8.08. The molecule has 3 rings (SSSR count). The minimum atomic E-state index is -0.281. The van der Waals surface area contributed by atoms with E-state index in [0.717, 1.165) is 0 Å². The number of carbonyl (C=O) groups excluding carboxylic acids is 1. The highest BCUT2D eigenvalue weighted by Gasteiger charge is 2.34. The predicted molar refractivity (Wildman–Crippen MR) is 118 cm³/mol. The molecule has 1 amide bonds. The molecule has 0 N–H and O–H groups in total. The highest BCUT2D eigenvalue weighted by molar-refractivity contribution is 8.27. The molecule has 1 fully saturated rings. The summed E-state index contributed by atoms with van der Waals surface area (Å²) in [7, 11) is 4.62. The van der Waals surface area contributed by atoms with Crippen LogP contribution in [-0.4, -0.2) is 31.6 Å². The lowest BCUT2D eigenvalue weighted by atomic mass is 10.1. The fraction of sp³-hybridized carbons (Fsp3) is 0.158. The van der Waals surface area contributed by atoms with Gasteiger partial charge in [-0.05, 0) is 30.3 Å². The van der Waals surface area contributed by atoms with E-state index in [1.165, 1.54) is 38.0 Å². The molecular weight excluding hydrogens is 441 g/mol. The van der Waals surface area contributed by atoms with E-state index in [9.17, 15) is 4.79 Å².